The molecule has 4 rings (SSSR count). The number of aryl methyl sites for hydroxylation is 1. The van der Waals surface area contributed by atoms with Crippen LogP contribution in [0.25, 0.3) is 15.9 Å². The molecule has 0 saturated carbocycles. The fourth-order valence-corrected chi connectivity index (χ4v) is 4.25. The molecule has 5 nitrogen and oxygen atoms in total. The minimum absolute atomic E-state index is 0.158. The van der Waals surface area contributed by atoms with Gasteiger partial charge >= 0.3 is 0 Å². The molecule has 0 saturated heterocycles. The van der Waals surface area contributed by atoms with Crippen LogP contribution in [0.3, 0.4) is 0 Å². The van der Waals surface area contributed by atoms with Crippen molar-refractivity contribution in [2.24, 2.45) is 0 Å². The summed E-state index contributed by atoms with van der Waals surface area (Å²) in [5, 5.41) is 5.31. The number of halogens is 3. The van der Waals surface area contributed by atoms with Crippen LogP contribution in [0.2, 0.25) is 0 Å². The molecule has 0 unspecified atom stereocenters. The third-order valence-corrected chi connectivity index (χ3v) is 5.53. The van der Waals surface area contributed by atoms with Crippen LogP contribution < -0.4 is 0 Å². The number of aromatic nitrogens is 4. The molecule has 0 aliphatic carbocycles. The van der Waals surface area contributed by atoms with E-state index in [0.717, 1.165) is 16.6 Å². The molecule has 122 valence electrons. The fraction of sp³-hybridized carbons (Fsp3) is 0.500. The molecular weight excluding hydrogens is 379 g/mol. The Morgan fingerprint density at radius 1 is 1.26 bits per heavy atom. The molecule has 4 heterocycles. The molecule has 0 amide bonds. The van der Waals surface area contributed by atoms with Crippen molar-refractivity contribution in [1.29, 1.82) is 0 Å². The van der Waals surface area contributed by atoms with Crippen LogP contribution in [0.4, 0.5) is 0 Å². The van der Waals surface area contributed by atoms with E-state index in [0.29, 0.717) is 18.1 Å². The third-order valence-electron chi connectivity index (χ3n) is 3.92. The number of hydrogen-bond donors (Lipinski definition) is 0. The lowest BCUT2D eigenvalue weighted by atomic mass is 9.94. The first-order valence-electron chi connectivity index (χ1n) is 7.04. The Labute approximate surface area is 151 Å². The number of fused-ring (bicyclic) bond motifs is 5. The SMILES string of the molecule is Cc1nc2sc3c(c2c2nc(C(Cl)(Cl)Cl)nn12)CC(C)(C)OC3. The van der Waals surface area contributed by atoms with Gasteiger partial charge in [-0.3, -0.25) is 0 Å². The van der Waals surface area contributed by atoms with Crippen LogP contribution in [0.15, 0.2) is 0 Å². The lowest BCUT2D eigenvalue weighted by Gasteiger charge is -2.30. The molecule has 9 heteroatoms. The molecule has 0 aromatic carbocycles. The van der Waals surface area contributed by atoms with E-state index in [1.165, 1.54) is 10.4 Å². The Bertz CT molecular complexity index is 941. The summed E-state index contributed by atoms with van der Waals surface area (Å²) >= 11 is 19.5. The molecule has 0 bridgehead atoms. The van der Waals surface area contributed by atoms with E-state index in [4.69, 9.17) is 39.5 Å². The Morgan fingerprint density at radius 3 is 2.70 bits per heavy atom. The summed E-state index contributed by atoms with van der Waals surface area (Å²) in [4.78, 5) is 11.2. The highest BCUT2D eigenvalue weighted by atomic mass is 35.6. The molecule has 0 N–H and O–H groups in total. The first kappa shape index (κ1) is 15.8. The second-order valence-electron chi connectivity index (χ2n) is 6.24. The van der Waals surface area contributed by atoms with E-state index in [2.05, 4.69) is 28.9 Å². The van der Waals surface area contributed by atoms with E-state index in [1.54, 1.807) is 15.9 Å². The summed E-state index contributed by atoms with van der Waals surface area (Å²) in [5.74, 6) is 0.866. The molecule has 1 aliphatic heterocycles. The normalized spacial score (nSPS) is 17.8. The van der Waals surface area contributed by atoms with Crippen LogP contribution in [-0.4, -0.2) is 25.2 Å². The fourth-order valence-electron chi connectivity index (χ4n) is 2.86. The van der Waals surface area contributed by atoms with Crippen LogP contribution in [0.5, 0.6) is 0 Å². The highest BCUT2D eigenvalue weighted by Gasteiger charge is 2.33. The van der Waals surface area contributed by atoms with Crippen molar-refractivity contribution in [2.45, 2.75) is 43.2 Å². The van der Waals surface area contributed by atoms with Gasteiger partial charge in [0.1, 0.15) is 10.7 Å². The van der Waals surface area contributed by atoms with Crippen molar-refractivity contribution in [1.82, 2.24) is 19.6 Å². The molecular formula is C14H13Cl3N4OS. The van der Waals surface area contributed by atoms with Crippen molar-refractivity contribution in [2.75, 3.05) is 0 Å². The highest BCUT2D eigenvalue weighted by Crippen LogP contribution is 2.41. The predicted octanol–water partition coefficient (Wildman–Crippen LogP) is 4.33. The summed E-state index contributed by atoms with van der Waals surface area (Å²) in [6.45, 7) is 6.60. The van der Waals surface area contributed by atoms with Gasteiger partial charge < -0.3 is 4.74 Å². The maximum absolute atomic E-state index is 5.95. The Kier molecular flexibility index (Phi) is 3.39. The van der Waals surface area contributed by atoms with Gasteiger partial charge in [0.05, 0.1) is 17.6 Å². The number of thiophene rings is 1. The molecule has 0 atom stereocenters. The number of hydrogen-bond acceptors (Lipinski definition) is 5. The maximum Gasteiger partial charge on any atom is 0.252 e. The molecule has 0 fully saturated rings. The van der Waals surface area contributed by atoms with Gasteiger partial charge in [-0.15, -0.1) is 16.4 Å². The van der Waals surface area contributed by atoms with Crippen molar-refractivity contribution in [3.8, 4) is 0 Å². The quantitative estimate of drug-likeness (QED) is 0.535. The summed E-state index contributed by atoms with van der Waals surface area (Å²) in [7, 11) is 0. The summed E-state index contributed by atoms with van der Waals surface area (Å²) in [6.07, 6.45) is 0.790. The lowest BCUT2D eigenvalue weighted by molar-refractivity contribution is -0.0379. The van der Waals surface area contributed by atoms with Gasteiger partial charge in [-0.25, -0.2) is 9.97 Å². The Morgan fingerprint density at radius 2 is 2.00 bits per heavy atom. The number of ether oxygens (including phenoxy) is 1. The molecule has 3 aromatic rings. The van der Waals surface area contributed by atoms with E-state index in [1.807, 2.05) is 6.92 Å². The van der Waals surface area contributed by atoms with Crippen LogP contribution in [0, 0.1) is 6.92 Å². The lowest BCUT2D eigenvalue weighted by Crippen LogP contribution is -2.31. The topological polar surface area (TPSA) is 52.3 Å². The van der Waals surface area contributed by atoms with Crippen LogP contribution in [0.1, 0.15) is 35.9 Å². The van der Waals surface area contributed by atoms with E-state index >= 15 is 0 Å². The molecule has 0 radical (unpaired) electrons. The summed E-state index contributed by atoms with van der Waals surface area (Å²) < 4.78 is 5.88. The standard InChI is InChI=1S/C14H13Cl3N4OS/c1-6-18-11-9(7-4-13(2,3)22-5-8(7)23-11)10-19-12(14(15,16)17)20-21(6)10/h4-5H2,1-3H3. The Hall–Kier alpha value is -0.660. The minimum Gasteiger partial charge on any atom is -0.370 e. The summed E-state index contributed by atoms with van der Waals surface area (Å²) in [6, 6.07) is 0. The second-order valence-corrected chi connectivity index (χ2v) is 9.60. The first-order valence-corrected chi connectivity index (χ1v) is 8.99. The molecule has 0 spiro atoms. The molecule has 23 heavy (non-hydrogen) atoms. The zero-order valence-electron chi connectivity index (χ0n) is 12.7. The van der Waals surface area contributed by atoms with Gasteiger partial charge in [0.2, 0.25) is 5.82 Å². The smallest absolute Gasteiger partial charge is 0.252 e. The second kappa shape index (κ2) is 4.92. The van der Waals surface area contributed by atoms with Crippen molar-refractivity contribution >= 4 is 62.0 Å². The first-order chi connectivity index (χ1) is 10.7. The largest absolute Gasteiger partial charge is 0.370 e. The highest BCUT2D eigenvalue weighted by molar-refractivity contribution is 7.19. The molecule has 3 aromatic heterocycles. The van der Waals surface area contributed by atoms with Gasteiger partial charge in [-0.05, 0) is 26.3 Å². The van der Waals surface area contributed by atoms with Gasteiger partial charge in [0, 0.05) is 11.3 Å². The van der Waals surface area contributed by atoms with Gasteiger partial charge in [0.25, 0.3) is 3.79 Å². The third kappa shape index (κ3) is 2.51. The van der Waals surface area contributed by atoms with E-state index in [-0.39, 0.29) is 11.4 Å². The van der Waals surface area contributed by atoms with Crippen LogP contribution >= 0.6 is 46.1 Å². The van der Waals surface area contributed by atoms with Gasteiger partial charge in [-0.2, -0.15) is 4.52 Å². The number of rotatable bonds is 0. The molecule has 1 aliphatic rings. The monoisotopic (exact) mass is 390 g/mol. The van der Waals surface area contributed by atoms with Gasteiger partial charge in [0.15, 0.2) is 5.65 Å². The summed E-state index contributed by atoms with van der Waals surface area (Å²) in [5.41, 5.74) is 1.67. The zero-order chi connectivity index (χ0) is 16.6. The predicted molar refractivity (Wildman–Crippen MR) is 92.7 cm³/mol. The van der Waals surface area contributed by atoms with Gasteiger partial charge in [-0.1, -0.05) is 34.8 Å². The maximum atomic E-state index is 5.95. The van der Waals surface area contributed by atoms with Crippen molar-refractivity contribution < 1.29 is 4.74 Å². The zero-order valence-corrected chi connectivity index (χ0v) is 15.7. The van der Waals surface area contributed by atoms with Crippen molar-refractivity contribution in [3.63, 3.8) is 0 Å². The minimum atomic E-state index is -1.66. The van der Waals surface area contributed by atoms with E-state index < -0.39 is 3.79 Å². The average molecular weight is 392 g/mol. The number of nitrogens with zero attached hydrogens (tertiary/aromatic N) is 4. The Balaban J connectivity index is 2.07. The van der Waals surface area contributed by atoms with E-state index in [9.17, 15) is 0 Å². The average Bonchev–Trinajstić information content (AvgIpc) is 2.98. The number of alkyl halides is 3. The van der Waals surface area contributed by atoms with Crippen molar-refractivity contribution in [3.05, 3.63) is 22.1 Å². The van der Waals surface area contributed by atoms with Crippen LogP contribution in [-0.2, 0) is 21.6 Å².